The van der Waals surface area contributed by atoms with Crippen LogP contribution in [0.15, 0.2) is 67.1 Å². The zero-order valence-corrected chi connectivity index (χ0v) is 17.1. The molecule has 0 aliphatic rings. The highest BCUT2D eigenvalue weighted by atomic mass is 32.2. The Balaban J connectivity index is 1.52. The van der Waals surface area contributed by atoms with Crippen LogP contribution in [0.1, 0.15) is 15.9 Å². The summed E-state index contributed by atoms with van der Waals surface area (Å²) in [4.78, 5) is 21.3. The molecule has 0 spiro atoms. The maximum absolute atomic E-state index is 12.6. The fourth-order valence-electron chi connectivity index (χ4n) is 2.97. The Hall–Kier alpha value is -3.72. The summed E-state index contributed by atoms with van der Waals surface area (Å²) in [6, 6.07) is 14.0. The van der Waals surface area contributed by atoms with Gasteiger partial charge in [0, 0.05) is 35.4 Å². The number of sulfonamides is 1. The second-order valence-corrected chi connectivity index (χ2v) is 8.64. The van der Waals surface area contributed by atoms with E-state index in [1.54, 1.807) is 37.4 Å². The van der Waals surface area contributed by atoms with Gasteiger partial charge in [-0.15, -0.1) is 0 Å². The number of carbonyl (C=O) groups excluding carboxylic acids is 1. The maximum Gasteiger partial charge on any atom is 0.255 e. The van der Waals surface area contributed by atoms with Gasteiger partial charge in [-0.05, 0) is 42.8 Å². The van der Waals surface area contributed by atoms with Crippen LogP contribution in [-0.2, 0) is 10.0 Å². The number of nitrogens with one attached hydrogen (secondary N) is 2. The highest BCUT2D eigenvalue weighted by molar-refractivity contribution is 7.92. The Labute approximate surface area is 173 Å². The first-order valence-corrected chi connectivity index (χ1v) is 11.0. The van der Waals surface area contributed by atoms with E-state index in [1.807, 2.05) is 35.0 Å². The third kappa shape index (κ3) is 4.31. The number of aryl methyl sites for hydroxylation is 1. The summed E-state index contributed by atoms with van der Waals surface area (Å²) in [7, 11) is -3.44. The molecule has 0 radical (unpaired) electrons. The summed E-state index contributed by atoms with van der Waals surface area (Å²) in [6.07, 6.45) is 6.52. The number of amides is 1. The third-order valence-electron chi connectivity index (χ3n) is 4.47. The number of nitrogens with zero attached hydrogens (tertiary/aromatic N) is 3. The van der Waals surface area contributed by atoms with Gasteiger partial charge in [0.25, 0.3) is 5.91 Å². The van der Waals surface area contributed by atoms with E-state index in [-0.39, 0.29) is 5.91 Å². The van der Waals surface area contributed by atoms with Gasteiger partial charge in [-0.1, -0.05) is 18.2 Å². The van der Waals surface area contributed by atoms with Gasteiger partial charge in [-0.3, -0.25) is 13.9 Å². The standard InChI is InChI=1S/C21H19N5O3S/c1-14-4-5-16(12-18(14)25-30(2,28)29)20(27)23-17-8-6-15(7-9-17)19-13-26-11-3-10-22-21(26)24-19/h3-13,25H,1-2H3,(H,23,27). The Kier molecular flexibility index (Phi) is 4.96. The van der Waals surface area contributed by atoms with E-state index >= 15 is 0 Å². The molecule has 4 aromatic rings. The second-order valence-electron chi connectivity index (χ2n) is 6.89. The Morgan fingerprint density at radius 3 is 2.57 bits per heavy atom. The fraction of sp³-hybridized carbons (Fsp3) is 0.0952. The van der Waals surface area contributed by atoms with E-state index < -0.39 is 10.0 Å². The summed E-state index contributed by atoms with van der Waals surface area (Å²) in [5, 5.41) is 2.82. The number of fused-ring (bicyclic) bond motifs is 1. The molecule has 0 bridgehead atoms. The van der Waals surface area contributed by atoms with Crippen LogP contribution in [0.25, 0.3) is 17.0 Å². The number of carbonyl (C=O) groups is 1. The number of anilines is 2. The molecule has 2 N–H and O–H groups in total. The topological polar surface area (TPSA) is 105 Å². The summed E-state index contributed by atoms with van der Waals surface area (Å²) in [5.74, 6) is 0.277. The SMILES string of the molecule is Cc1ccc(C(=O)Nc2ccc(-c3cn4cccnc4n3)cc2)cc1NS(C)(=O)=O. The summed E-state index contributed by atoms with van der Waals surface area (Å²) >= 11 is 0. The first kappa shape index (κ1) is 19.6. The Morgan fingerprint density at radius 2 is 1.87 bits per heavy atom. The van der Waals surface area contributed by atoms with Gasteiger partial charge in [0.15, 0.2) is 0 Å². The average Bonchev–Trinajstić information content (AvgIpc) is 3.13. The minimum Gasteiger partial charge on any atom is -0.322 e. The summed E-state index contributed by atoms with van der Waals surface area (Å²) in [5.41, 5.74) is 3.74. The molecule has 30 heavy (non-hydrogen) atoms. The molecule has 4 rings (SSSR count). The van der Waals surface area contributed by atoms with Crippen LogP contribution >= 0.6 is 0 Å². The number of hydrogen-bond donors (Lipinski definition) is 2. The van der Waals surface area contributed by atoms with Crippen molar-refractivity contribution in [3.05, 3.63) is 78.2 Å². The molecule has 2 aromatic heterocycles. The van der Waals surface area contributed by atoms with Crippen molar-refractivity contribution in [2.24, 2.45) is 0 Å². The van der Waals surface area contributed by atoms with E-state index in [0.29, 0.717) is 22.7 Å². The van der Waals surface area contributed by atoms with Crippen molar-refractivity contribution < 1.29 is 13.2 Å². The van der Waals surface area contributed by atoms with E-state index in [4.69, 9.17) is 0 Å². The van der Waals surface area contributed by atoms with Crippen LogP contribution in [0.4, 0.5) is 11.4 Å². The number of imidazole rings is 1. The van der Waals surface area contributed by atoms with Gasteiger partial charge in [-0.25, -0.2) is 18.4 Å². The number of aromatic nitrogens is 3. The molecular weight excluding hydrogens is 402 g/mol. The van der Waals surface area contributed by atoms with Gasteiger partial charge in [0.05, 0.1) is 17.6 Å². The van der Waals surface area contributed by atoms with Crippen molar-refractivity contribution >= 4 is 33.1 Å². The quantitative estimate of drug-likeness (QED) is 0.514. The molecule has 0 saturated heterocycles. The first-order chi connectivity index (χ1) is 14.3. The van der Waals surface area contributed by atoms with Crippen molar-refractivity contribution in [2.45, 2.75) is 6.92 Å². The predicted octanol–water partition coefficient (Wildman–Crippen LogP) is 3.33. The smallest absolute Gasteiger partial charge is 0.255 e. The maximum atomic E-state index is 12.6. The normalized spacial score (nSPS) is 11.4. The van der Waals surface area contributed by atoms with Crippen LogP contribution in [0.3, 0.4) is 0 Å². The number of hydrogen-bond acceptors (Lipinski definition) is 5. The van der Waals surface area contributed by atoms with Crippen molar-refractivity contribution in [1.82, 2.24) is 14.4 Å². The highest BCUT2D eigenvalue weighted by Gasteiger charge is 2.12. The van der Waals surface area contributed by atoms with Gasteiger partial charge in [0.2, 0.25) is 15.8 Å². The van der Waals surface area contributed by atoms with Crippen molar-refractivity contribution in [3.63, 3.8) is 0 Å². The molecule has 0 aliphatic carbocycles. The average molecular weight is 421 g/mol. The van der Waals surface area contributed by atoms with Crippen molar-refractivity contribution in [1.29, 1.82) is 0 Å². The Morgan fingerprint density at radius 1 is 1.10 bits per heavy atom. The van der Waals surface area contributed by atoms with Crippen LogP contribution in [0.5, 0.6) is 0 Å². The minimum absolute atomic E-state index is 0.337. The van der Waals surface area contributed by atoms with E-state index in [9.17, 15) is 13.2 Å². The van der Waals surface area contributed by atoms with E-state index in [0.717, 1.165) is 23.1 Å². The molecule has 1 amide bonds. The lowest BCUT2D eigenvalue weighted by Gasteiger charge is -2.11. The molecule has 0 aliphatic heterocycles. The summed E-state index contributed by atoms with van der Waals surface area (Å²) in [6.45, 7) is 1.77. The van der Waals surface area contributed by atoms with Crippen molar-refractivity contribution in [3.8, 4) is 11.3 Å². The number of rotatable bonds is 5. The molecule has 0 unspecified atom stereocenters. The van der Waals surface area contributed by atoms with Crippen molar-refractivity contribution in [2.75, 3.05) is 16.3 Å². The molecule has 0 atom stereocenters. The van der Waals surface area contributed by atoms with Gasteiger partial charge < -0.3 is 5.32 Å². The Bertz CT molecular complexity index is 1310. The zero-order valence-electron chi connectivity index (χ0n) is 16.3. The lowest BCUT2D eigenvalue weighted by Crippen LogP contribution is -2.14. The van der Waals surface area contributed by atoms with Crippen LogP contribution in [0, 0.1) is 6.92 Å². The summed E-state index contributed by atoms with van der Waals surface area (Å²) < 4.78 is 27.3. The van der Waals surface area contributed by atoms with Gasteiger partial charge in [-0.2, -0.15) is 0 Å². The first-order valence-electron chi connectivity index (χ1n) is 9.08. The van der Waals surface area contributed by atoms with E-state index in [2.05, 4.69) is 20.0 Å². The molecule has 2 heterocycles. The minimum atomic E-state index is -3.44. The molecular formula is C21H19N5O3S. The van der Waals surface area contributed by atoms with Gasteiger partial charge >= 0.3 is 0 Å². The highest BCUT2D eigenvalue weighted by Crippen LogP contribution is 2.22. The van der Waals surface area contributed by atoms with Crippen LogP contribution < -0.4 is 10.0 Å². The molecule has 0 saturated carbocycles. The van der Waals surface area contributed by atoms with E-state index in [1.165, 1.54) is 6.07 Å². The molecule has 0 fully saturated rings. The second kappa shape index (κ2) is 7.60. The third-order valence-corrected chi connectivity index (χ3v) is 5.06. The monoisotopic (exact) mass is 421 g/mol. The largest absolute Gasteiger partial charge is 0.322 e. The molecule has 8 nitrogen and oxygen atoms in total. The molecule has 152 valence electrons. The van der Waals surface area contributed by atoms with Crippen LogP contribution in [-0.4, -0.2) is 34.9 Å². The molecule has 2 aromatic carbocycles. The predicted molar refractivity (Wildman–Crippen MR) is 116 cm³/mol. The molecule has 9 heteroatoms. The zero-order chi connectivity index (χ0) is 21.3. The lowest BCUT2D eigenvalue weighted by atomic mass is 10.1. The van der Waals surface area contributed by atoms with Gasteiger partial charge in [0.1, 0.15) is 0 Å². The fourth-order valence-corrected chi connectivity index (χ4v) is 3.59. The lowest BCUT2D eigenvalue weighted by molar-refractivity contribution is 0.102. The number of benzene rings is 2. The van der Waals surface area contributed by atoms with Crippen LogP contribution in [0.2, 0.25) is 0 Å².